The van der Waals surface area contributed by atoms with Gasteiger partial charge >= 0.3 is 5.97 Å². The number of unbranched alkanes of at least 4 members (excludes halogenated alkanes) is 2. The summed E-state index contributed by atoms with van der Waals surface area (Å²) in [5.74, 6) is -1.14. The van der Waals surface area contributed by atoms with Crippen LogP contribution in [0, 0.1) is 0 Å². The van der Waals surface area contributed by atoms with Crippen LogP contribution in [0.3, 0.4) is 0 Å². The van der Waals surface area contributed by atoms with Crippen LogP contribution in [-0.2, 0) is 14.8 Å². The van der Waals surface area contributed by atoms with Gasteiger partial charge in [-0.1, -0.05) is 18.9 Å². The lowest BCUT2D eigenvalue weighted by atomic mass is 10.1. The van der Waals surface area contributed by atoms with Gasteiger partial charge in [0.2, 0.25) is 10.0 Å². The van der Waals surface area contributed by atoms with Gasteiger partial charge in [-0.3, -0.25) is 9.59 Å². The number of benzene rings is 1. The van der Waals surface area contributed by atoms with Crippen LogP contribution in [0.1, 0.15) is 62.2 Å². The number of nitrogens with zero attached hydrogens (tertiary/aromatic N) is 1. The summed E-state index contributed by atoms with van der Waals surface area (Å²) in [5, 5.41) is 11.3. The number of nitrogens with one attached hydrogen (secondary N) is 1. The van der Waals surface area contributed by atoms with Crippen LogP contribution < -0.4 is 5.32 Å². The van der Waals surface area contributed by atoms with E-state index in [0.717, 1.165) is 19.3 Å². The number of sulfonamides is 1. The van der Waals surface area contributed by atoms with Crippen molar-refractivity contribution in [2.75, 3.05) is 13.1 Å². The fourth-order valence-electron chi connectivity index (χ4n) is 3.24. The van der Waals surface area contributed by atoms with E-state index >= 15 is 0 Å². The lowest BCUT2D eigenvalue weighted by Crippen LogP contribution is -2.42. The third-order valence-corrected chi connectivity index (χ3v) is 6.81. The maximum atomic E-state index is 12.9. The highest BCUT2D eigenvalue weighted by Gasteiger charge is 2.31. The first kappa shape index (κ1) is 21.4. The number of hydrogen-bond acceptors (Lipinski definition) is 4. The Morgan fingerprint density at radius 2 is 2.00 bits per heavy atom. The lowest BCUT2D eigenvalue weighted by molar-refractivity contribution is -0.137. The molecule has 2 N–H and O–H groups in total. The van der Waals surface area contributed by atoms with E-state index in [1.54, 1.807) is 12.1 Å². The number of aliphatic carboxylic acids is 1. The standard InChI is InChI=1S/C19H28N2O5S/c1-15-8-4-6-13-21(15)27(25,26)17-10-7-9-16(14-17)19(24)20-12-5-2-3-11-18(22)23/h7,9-10,14-15H,2-6,8,11-13H2,1H3,(H,20,24)(H,22,23). The van der Waals surface area contributed by atoms with Crippen molar-refractivity contribution < 1.29 is 23.1 Å². The number of carbonyl (C=O) groups is 2. The van der Waals surface area contributed by atoms with Gasteiger partial charge in [0, 0.05) is 31.1 Å². The number of carboxylic acid groups (broad SMARTS) is 1. The molecule has 1 aliphatic heterocycles. The molecule has 1 fully saturated rings. The van der Waals surface area contributed by atoms with Crippen molar-refractivity contribution in [1.29, 1.82) is 0 Å². The Balaban J connectivity index is 1.95. The molecule has 0 aliphatic carbocycles. The van der Waals surface area contributed by atoms with Crippen LogP contribution in [0.5, 0.6) is 0 Å². The predicted molar refractivity (Wildman–Crippen MR) is 102 cm³/mol. The van der Waals surface area contributed by atoms with E-state index in [-0.39, 0.29) is 23.3 Å². The minimum atomic E-state index is -3.61. The predicted octanol–water partition coefficient (Wildman–Crippen LogP) is 2.62. The van der Waals surface area contributed by atoms with Crippen molar-refractivity contribution >= 4 is 21.9 Å². The Morgan fingerprint density at radius 3 is 2.70 bits per heavy atom. The molecular formula is C19H28N2O5S. The second-order valence-electron chi connectivity index (χ2n) is 6.95. The molecule has 0 aromatic heterocycles. The molecule has 1 heterocycles. The topological polar surface area (TPSA) is 104 Å². The third-order valence-electron chi connectivity index (χ3n) is 4.80. The molecule has 8 heteroatoms. The number of hydrogen-bond donors (Lipinski definition) is 2. The van der Waals surface area contributed by atoms with Gasteiger partial charge in [-0.15, -0.1) is 0 Å². The normalized spacial score (nSPS) is 18.2. The average Bonchev–Trinajstić information content (AvgIpc) is 2.64. The minimum absolute atomic E-state index is 0.0352. The Bertz CT molecular complexity index is 763. The fourth-order valence-corrected chi connectivity index (χ4v) is 4.99. The molecule has 1 atom stereocenters. The van der Waals surface area contributed by atoms with Crippen LogP contribution in [0.25, 0.3) is 0 Å². The van der Waals surface area contributed by atoms with E-state index in [1.807, 2.05) is 6.92 Å². The fraction of sp³-hybridized carbons (Fsp3) is 0.579. The molecule has 2 rings (SSSR count). The summed E-state index contributed by atoms with van der Waals surface area (Å²) in [7, 11) is -3.61. The van der Waals surface area contributed by atoms with Crippen LogP contribution >= 0.6 is 0 Å². The van der Waals surface area contributed by atoms with E-state index in [1.165, 1.54) is 16.4 Å². The first-order valence-electron chi connectivity index (χ1n) is 9.44. The maximum Gasteiger partial charge on any atom is 0.303 e. The van der Waals surface area contributed by atoms with Gasteiger partial charge in [0.05, 0.1) is 4.90 Å². The quantitative estimate of drug-likeness (QED) is 0.625. The van der Waals surface area contributed by atoms with Crippen molar-refractivity contribution in [2.24, 2.45) is 0 Å². The van der Waals surface area contributed by atoms with Crippen molar-refractivity contribution in [1.82, 2.24) is 9.62 Å². The lowest BCUT2D eigenvalue weighted by Gasteiger charge is -2.32. The summed E-state index contributed by atoms with van der Waals surface area (Å²) in [6, 6.07) is 6.10. The highest BCUT2D eigenvalue weighted by molar-refractivity contribution is 7.89. The molecule has 1 amide bonds. The average molecular weight is 397 g/mol. The van der Waals surface area contributed by atoms with E-state index < -0.39 is 16.0 Å². The molecule has 0 radical (unpaired) electrons. The van der Waals surface area contributed by atoms with Crippen molar-refractivity contribution in [2.45, 2.75) is 62.8 Å². The van der Waals surface area contributed by atoms with Gasteiger partial charge in [-0.25, -0.2) is 8.42 Å². The van der Waals surface area contributed by atoms with Gasteiger partial charge < -0.3 is 10.4 Å². The number of amides is 1. The molecule has 1 aliphatic rings. The van der Waals surface area contributed by atoms with E-state index in [4.69, 9.17) is 5.11 Å². The van der Waals surface area contributed by atoms with Crippen LogP contribution in [-0.4, -0.2) is 48.8 Å². The zero-order chi connectivity index (χ0) is 19.9. The Morgan fingerprint density at radius 1 is 1.22 bits per heavy atom. The SMILES string of the molecule is CC1CCCCN1S(=O)(=O)c1cccc(C(=O)NCCCCCC(=O)O)c1. The first-order chi connectivity index (χ1) is 12.8. The summed E-state index contributed by atoms with van der Waals surface area (Å²) >= 11 is 0. The number of rotatable bonds is 9. The molecular weight excluding hydrogens is 368 g/mol. The largest absolute Gasteiger partial charge is 0.481 e. The first-order valence-corrected chi connectivity index (χ1v) is 10.9. The van der Waals surface area contributed by atoms with Gasteiger partial charge in [0.25, 0.3) is 5.91 Å². The molecule has 1 unspecified atom stereocenters. The smallest absolute Gasteiger partial charge is 0.303 e. The molecule has 0 saturated carbocycles. The molecule has 7 nitrogen and oxygen atoms in total. The van der Waals surface area contributed by atoms with Gasteiger partial charge in [0.15, 0.2) is 0 Å². The summed E-state index contributed by atoms with van der Waals surface area (Å²) < 4.78 is 27.3. The minimum Gasteiger partial charge on any atom is -0.481 e. The summed E-state index contributed by atoms with van der Waals surface area (Å²) in [6.45, 7) is 2.85. The maximum absolute atomic E-state index is 12.9. The summed E-state index contributed by atoms with van der Waals surface area (Å²) in [6.07, 6.45) is 4.83. The second-order valence-corrected chi connectivity index (χ2v) is 8.84. The zero-order valence-corrected chi connectivity index (χ0v) is 16.5. The van der Waals surface area contributed by atoms with Gasteiger partial charge in [-0.05, 0) is 50.8 Å². The van der Waals surface area contributed by atoms with Crippen molar-refractivity contribution in [3.8, 4) is 0 Å². The zero-order valence-electron chi connectivity index (χ0n) is 15.7. The van der Waals surface area contributed by atoms with Crippen molar-refractivity contribution in [3.05, 3.63) is 29.8 Å². The highest BCUT2D eigenvalue weighted by Crippen LogP contribution is 2.25. The van der Waals surface area contributed by atoms with Crippen LogP contribution in [0.4, 0.5) is 0 Å². The third kappa shape index (κ3) is 6.04. The number of carbonyl (C=O) groups excluding carboxylic acids is 1. The number of carboxylic acids is 1. The molecule has 0 bridgehead atoms. The molecule has 0 spiro atoms. The molecule has 1 aromatic carbocycles. The molecule has 150 valence electrons. The summed E-state index contributed by atoms with van der Waals surface area (Å²) in [4.78, 5) is 22.9. The van der Waals surface area contributed by atoms with Crippen LogP contribution in [0.2, 0.25) is 0 Å². The Labute approximate surface area is 160 Å². The molecule has 27 heavy (non-hydrogen) atoms. The Hall–Kier alpha value is -1.93. The van der Waals surface area contributed by atoms with Gasteiger partial charge in [-0.2, -0.15) is 4.31 Å². The van der Waals surface area contributed by atoms with E-state index in [0.29, 0.717) is 37.9 Å². The number of piperidine rings is 1. The monoisotopic (exact) mass is 396 g/mol. The molecule has 1 saturated heterocycles. The van der Waals surface area contributed by atoms with E-state index in [9.17, 15) is 18.0 Å². The Kier molecular flexibility index (Phi) is 7.79. The molecule has 1 aromatic rings. The summed E-state index contributed by atoms with van der Waals surface area (Å²) in [5.41, 5.74) is 0.311. The van der Waals surface area contributed by atoms with Crippen LogP contribution in [0.15, 0.2) is 29.2 Å². The van der Waals surface area contributed by atoms with Gasteiger partial charge in [0.1, 0.15) is 0 Å². The highest BCUT2D eigenvalue weighted by atomic mass is 32.2. The van der Waals surface area contributed by atoms with Crippen molar-refractivity contribution in [3.63, 3.8) is 0 Å². The van der Waals surface area contributed by atoms with E-state index in [2.05, 4.69) is 5.32 Å². The second kappa shape index (κ2) is 9.85.